The Balaban J connectivity index is 2.00. The van der Waals surface area contributed by atoms with Crippen molar-refractivity contribution in [3.63, 3.8) is 0 Å². The smallest absolute Gasteiger partial charge is 0.333 e. The Morgan fingerprint density at radius 2 is 1.82 bits per heavy atom. The van der Waals surface area contributed by atoms with Crippen LogP contribution in [0.1, 0.15) is 25.0 Å². The Morgan fingerprint density at radius 3 is 2.41 bits per heavy atom. The van der Waals surface area contributed by atoms with E-state index in [1.165, 1.54) is 23.1 Å². The van der Waals surface area contributed by atoms with Gasteiger partial charge in [0.1, 0.15) is 19.0 Å². The number of hydrogen-bond donors (Lipinski definition) is 2. The molecule has 39 heavy (non-hydrogen) atoms. The summed E-state index contributed by atoms with van der Waals surface area (Å²) in [4.78, 5) is 36.1. The summed E-state index contributed by atoms with van der Waals surface area (Å²) in [6.07, 6.45) is -0.774. The molecule has 2 aromatic rings. The number of halogens is 2. The van der Waals surface area contributed by atoms with Gasteiger partial charge in [0.15, 0.2) is 6.10 Å². The van der Waals surface area contributed by atoms with Crippen molar-refractivity contribution in [2.24, 2.45) is 0 Å². The highest BCUT2D eigenvalue weighted by atomic mass is 19.3. The molecule has 0 aliphatic carbocycles. The zero-order valence-corrected chi connectivity index (χ0v) is 22.0. The van der Waals surface area contributed by atoms with Crippen molar-refractivity contribution >= 4 is 23.4 Å². The Labute approximate surface area is 224 Å². The number of carboxylic acids is 1. The number of hydrogen-bond acceptors (Lipinski definition) is 7. The molecule has 2 rings (SSSR count). The number of ether oxygens (including phenoxy) is 3. The van der Waals surface area contributed by atoms with Crippen LogP contribution < -0.4 is 10.1 Å². The fourth-order valence-corrected chi connectivity index (χ4v) is 3.46. The number of benzene rings is 2. The van der Waals surface area contributed by atoms with Crippen molar-refractivity contribution in [2.45, 2.75) is 39.2 Å². The lowest BCUT2D eigenvalue weighted by Crippen LogP contribution is -2.40. The van der Waals surface area contributed by atoms with Gasteiger partial charge in [0.05, 0.1) is 18.1 Å². The maximum Gasteiger partial charge on any atom is 0.333 e. The van der Waals surface area contributed by atoms with E-state index in [0.29, 0.717) is 11.3 Å². The zero-order chi connectivity index (χ0) is 29.0. The predicted molar refractivity (Wildman–Crippen MR) is 139 cm³/mol. The number of nitrogens with zero attached hydrogens (tertiary/aromatic N) is 2. The number of carbonyl (C=O) groups excluding carboxylic acids is 1. The number of nitro benzene ring substituents is 1. The number of nitrogens with one attached hydrogen (secondary N) is 1. The van der Waals surface area contributed by atoms with E-state index in [1.807, 2.05) is 0 Å². The molecule has 2 aromatic carbocycles. The highest BCUT2D eigenvalue weighted by Gasteiger charge is 2.22. The van der Waals surface area contributed by atoms with E-state index in [2.05, 4.69) is 5.32 Å². The SMILES string of the molecule is CCOC(Cc1ccc(OCCN(CCOCC(C)(F)F)C(=O)Nc2ccc(C)c([N+](=O)[O-])c2)cc1)C(=O)O. The summed E-state index contributed by atoms with van der Waals surface area (Å²) in [7, 11) is 0. The van der Waals surface area contributed by atoms with Crippen LogP contribution in [-0.4, -0.2) is 78.5 Å². The average molecular weight is 554 g/mol. The summed E-state index contributed by atoms with van der Waals surface area (Å²) in [6.45, 7) is 3.38. The monoisotopic (exact) mass is 553 g/mol. The van der Waals surface area contributed by atoms with Crippen LogP contribution in [0.25, 0.3) is 0 Å². The molecular weight excluding hydrogens is 520 g/mol. The van der Waals surface area contributed by atoms with Crippen LogP contribution in [0.4, 0.5) is 25.0 Å². The molecule has 0 heterocycles. The molecule has 0 aliphatic rings. The maximum absolute atomic E-state index is 13.1. The van der Waals surface area contributed by atoms with Gasteiger partial charge >= 0.3 is 12.0 Å². The van der Waals surface area contributed by atoms with E-state index >= 15 is 0 Å². The molecule has 1 unspecified atom stereocenters. The average Bonchev–Trinajstić information content (AvgIpc) is 2.86. The fourth-order valence-electron chi connectivity index (χ4n) is 3.46. The van der Waals surface area contributed by atoms with E-state index in [4.69, 9.17) is 14.2 Å². The lowest BCUT2D eigenvalue weighted by molar-refractivity contribution is -0.385. The second-order valence-electron chi connectivity index (χ2n) is 8.78. The molecule has 11 nitrogen and oxygen atoms in total. The number of urea groups is 1. The first-order valence-corrected chi connectivity index (χ1v) is 12.2. The summed E-state index contributed by atoms with van der Waals surface area (Å²) >= 11 is 0. The predicted octanol–water partition coefficient (Wildman–Crippen LogP) is 4.52. The zero-order valence-electron chi connectivity index (χ0n) is 22.0. The molecule has 0 aromatic heterocycles. The standard InChI is InChI=1S/C26H33F2N3O8/c1-4-38-23(24(32)33)15-19-6-9-21(10-7-19)39-14-12-30(11-13-37-17-26(3,27)28)25(34)29-20-8-5-18(2)22(16-20)31(35)36/h5-10,16,23H,4,11-15,17H2,1-3H3,(H,29,34)(H,32,33). The van der Waals surface area contributed by atoms with E-state index in [1.54, 1.807) is 38.1 Å². The van der Waals surface area contributed by atoms with Crippen LogP contribution in [0.5, 0.6) is 5.75 Å². The van der Waals surface area contributed by atoms with Gasteiger partial charge in [0.25, 0.3) is 11.6 Å². The van der Waals surface area contributed by atoms with Gasteiger partial charge in [-0.2, -0.15) is 0 Å². The second kappa shape index (κ2) is 14.9. The summed E-state index contributed by atoms with van der Waals surface area (Å²) in [5, 5.41) is 23.0. The molecule has 0 saturated carbocycles. The van der Waals surface area contributed by atoms with Gasteiger partial charge in [-0.05, 0) is 37.6 Å². The minimum atomic E-state index is -3.02. The van der Waals surface area contributed by atoms with Crippen LogP contribution in [-0.2, 0) is 20.7 Å². The molecule has 0 spiro atoms. The highest BCUT2D eigenvalue weighted by molar-refractivity contribution is 5.89. The number of aliphatic carboxylic acids is 1. The molecule has 0 bridgehead atoms. The minimum absolute atomic E-state index is 0.0355. The largest absolute Gasteiger partial charge is 0.492 e. The highest BCUT2D eigenvalue weighted by Crippen LogP contribution is 2.22. The lowest BCUT2D eigenvalue weighted by Gasteiger charge is -2.23. The van der Waals surface area contributed by atoms with Crippen molar-refractivity contribution < 1.29 is 42.6 Å². The van der Waals surface area contributed by atoms with E-state index in [0.717, 1.165) is 12.5 Å². The number of anilines is 1. The molecule has 13 heteroatoms. The quantitative estimate of drug-likeness (QED) is 0.176. The maximum atomic E-state index is 13.1. The first kappa shape index (κ1) is 31.4. The summed E-state index contributed by atoms with van der Waals surface area (Å²) < 4.78 is 42.0. The number of carboxylic acid groups (broad SMARTS) is 1. The third-order valence-corrected chi connectivity index (χ3v) is 5.42. The van der Waals surface area contributed by atoms with E-state index in [9.17, 15) is 33.6 Å². The minimum Gasteiger partial charge on any atom is -0.492 e. The molecule has 0 saturated heterocycles. The first-order chi connectivity index (χ1) is 18.4. The normalized spacial score (nSPS) is 12.0. The van der Waals surface area contributed by atoms with Crippen LogP contribution >= 0.6 is 0 Å². The third kappa shape index (κ3) is 11.2. The Kier molecular flexibility index (Phi) is 12.0. The van der Waals surface area contributed by atoms with Crippen LogP contribution in [0.3, 0.4) is 0 Å². The van der Waals surface area contributed by atoms with Crippen LogP contribution in [0, 0.1) is 17.0 Å². The fraction of sp³-hybridized carbons (Fsp3) is 0.462. The first-order valence-electron chi connectivity index (χ1n) is 12.2. The summed E-state index contributed by atoms with van der Waals surface area (Å²) in [6, 6.07) is 10.4. The van der Waals surface area contributed by atoms with Gasteiger partial charge in [0, 0.05) is 43.8 Å². The number of rotatable bonds is 16. The molecule has 214 valence electrons. The van der Waals surface area contributed by atoms with Gasteiger partial charge in [-0.3, -0.25) is 10.1 Å². The summed E-state index contributed by atoms with van der Waals surface area (Å²) in [5.74, 6) is -3.60. The Morgan fingerprint density at radius 1 is 1.15 bits per heavy atom. The van der Waals surface area contributed by atoms with Crippen molar-refractivity contribution in [2.75, 3.05) is 44.8 Å². The van der Waals surface area contributed by atoms with Gasteiger partial charge in [-0.25, -0.2) is 18.4 Å². The van der Waals surface area contributed by atoms with Crippen molar-refractivity contribution in [1.82, 2.24) is 4.90 Å². The van der Waals surface area contributed by atoms with E-state index < -0.39 is 35.6 Å². The topological polar surface area (TPSA) is 140 Å². The molecular formula is C26H33F2N3O8. The second-order valence-corrected chi connectivity index (χ2v) is 8.78. The number of alkyl halides is 2. The van der Waals surface area contributed by atoms with Gasteiger partial charge in [-0.15, -0.1) is 0 Å². The molecule has 2 amide bonds. The van der Waals surface area contributed by atoms with Gasteiger partial charge in [-0.1, -0.05) is 18.2 Å². The van der Waals surface area contributed by atoms with Gasteiger partial charge in [0.2, 0.25) is 0 Å². The van der Waals surface area contributed by atoms with E-state index in [-0.39, 0.29) is 50.7 Å². The van der Waals surface area contributed by atoms with Crippen molar-refractivity contribution in [1.29, 1.82) is 0 Å². The number of carbonyl (C=O) groups is 2. The molecule has 1 atom stereocenters. The summed E-state index contributed by atoms with van der Waals surface area (Å²) in [5.41, 5.74) is 1.21. The van der Waals surface area contributed by atoms with Crippen molar-refractivity contribution in [3.05, 3.63) is 63.7 Å². The van der Waals surface area contributed by atoms with Crippen molar-refractivity contribution in [3.8, 4) is 5.75 Å². The number of amides is 2. The van der Waals surface area contributed by atoms with Crippen LogP contribution in [0.15, 0.2) is 42.5 Å². The third-order valence-electron chi connectivity index (χ3n) is 5.42. The van der Waals surface area contributed by atoms with Gasteiger partial charge < -0.3 is 29.5 Å². The molecule has 0 aliphatic heterocycles. The van der Waals surface area contributed by atoms with Crippen LogP contribution in [0.2, 0.25) is 0 Å². The Bertz CT molecular complexity index is 1110. The number of nitro groups is 1. The number of aryl methyl sites for hydroxylation is 1. The Hall–Kier alpha value is -3.84. The lowest BCUT2D eigenvalue weighted by atomic mass is 10.1. The molecule has 2 N–H and O–H groups in total. The molecule has 0 radical (unpaired) electrons. The molecule has 0 fully saturated rings.